The highest BCUT2D eigenvalue weighted by Gasteiger charge is 2.13. The van der Waals surface area contributed by atoms with E-state index in [-0.39, 0.29) is 15.6 Å². The van der Waals surface area contributed by atoms with Gasteiger partial charge in [-0.2, -0.15) is 0 Å². The van der Waals surface area contributed by atoms with Crippen LogP contribution < -0.4 is 10.5 Å². The highest BCUT2D eigenvalue weighted by Crippen LogP contribution is 2.30. The van der Waals surface area contributed by atoms with Gasteiger partial charge in [-0.05, 0) is 36.6 Å². The third kappa shape index (κ3) is 4.44. The molecule has 128 valence electrons. The van der Waals surface area contributed by atoms with Crippen LogP contribution >= 0.6 is 11.6 Å². The molecular formula is C15H16ClN3O4S. The number of aryl methyl sites for hydroxylation is 1. The first-order chi connectivity index (χ1) is 11.2. The van der Waals surface area contributed by atoms with Gasteiger partial charge in [0.25, 0.3) is 5.69 Å². The van der Waals surface area contributed by atoms with Gasteiger partial charge in [0, 0.05) is 18.7 Å². The molecule has 2 aromatic carbocycles. The van der Waals surface area contributed by atoms with Gasteiger partial charge in [0.15, 0.2) is 0 Å². The summed E-state index contributed by atoms with van der Waals surface area (Å²) in [6, 6.07) is 9.04. The van der Waals surface area contributed by atoms with Crippen molar-refractivity contribution in [3.63, 3.8) is 0 Å². The number of nitrogens with zero attached hydrogens (tertiary/aromatic N) is 1. The summed E-state index contributed by atoms with van der Waals surface area (Å²) in [5.41, 5.74) is 2.19. The summed E-state index contributed by atoms with van der Waals surface area (Å²) in [4.78, 5) is 10.4. The van der Waals surface area contributed by atoms with Crippen LogP contribution in [-0.2, 0) is 16.4 Å². The minimum Gasteiger partial charge on any atom is -0.383 e. The summed E-state index contributed by atoms with van der Waals surface area (Å²) in [5, 5.41) is 19.3. The average Bonchev–Trinajstić information content (AvgIpc) is 2.49. The van der Waals surface area contributed by atoms with E-state index < -0.39 is 14.9 Å². The number of nitro benzene ring substituents is 1. The Morgan fingerprint density at radius 2 is 1.88 bits per heavy atom. The summed E-state index contributed by atoms with van der Waals surface area (Å²) in [7, 11) is -3.69. The number of nitrogens with two attached hydrogens (primary N) is 1. The standard InChI is InChI=1S/C15H16ClN3O4S/c1-10-8-12(19(20)21)9-14(16)15(10)18-7-6-11-2-4-13(5-3-11)24(17,22)23/h2-5,8-9,18H,6-7H2,1H3,(H2,17,22,23). The van der Waals surface area contributed by atoms with E-state index in [1.165, 1.54) is 24.3 Å². The SMILES string of the molecule is Cc1cc([N+](=O)[O-])cc(Cl)c1NCCc1ccc(S(N)(=O)=O)cc1. The Morgan fingerprint density at radius 3 is 2.38 bits per heavy atom. The zero-order valence-corrected chi connectivity index (χ0v) is 14.4. The number of benzene rings is 2. The first kappa shape index (κ1) is 18.2. The van der Waals surface area contributed by atoms with Gasteiger partial charge < -0.3 is 5.32 Å². The predicted molar refractivity (Wildman–Crippen MR) is 92.9 cm³/mol. The number of anilines is 1. The van der Waals surface area contributed by atoms with Crippen molar-refractivity contribution in [1.82, 2.24) is 0 Å². The van der Waals surface area contributed by atoms with Gasteiger partial charge in [-0.3, -0.25) is 10.1 Å². The summed E-state index contributed by atoms with van der Waals surface area (Å²) < 4.78 is 22.4. The molecule has 0 aromatic heterocycles. The molecule has 0 atom stereocenters. The fourth-order valence-corrected chi connectivity index (χ4v) is 3.08. The molecule has 0 aliphatic rings. The molecule has 0 radical (unpaired) electrons. The van der Waals surface area contributed by atoms with Crippen molar-refractivity contribution < 1.29 is 13.3 Å². The normalized spacial score (nSPS) is 11.3. The Hall–Kier alpha value is -2.16. The molecule has 0 heterocycles. The molecule has 9 heteroatoms. The molecule has 0 spiro atoms. The Morgan fingerprint density at radius 1 is 1.25 bits per heavy atom. The lowest BCUT2D eigenvalue weighted by Crippen LogP contribution is -2.12. The van der Waals surface area contributed by atoms with Crippen LogP contribution in [0.4, 0.5) is 11.4 Å². The van der Waals surface area contributed by atoms with E-state index >= 15 is 0 Å². The number of sulfonamides is 1. The molecule has 0 saturated carbocycles. The fraction of sp³-hybridized carbons (Fsp3) is 0.200. The quantitative estimate of drug-likeness (QED) is 0.600. The van der Waals surface area contributed by atoms with Gasteiger partial charge in [0.2, 0.25) is 10.0 Å². The van der Waals surface area contributed by atoms with Crippen LogP contribution in [0.5, 0.6) is 0 Å². The molecular weight excluding hydrogens is 354 g/mol. The van der Waals surface area contributed by atoms with Crippen molar-refractivity contribution in [3.05, 3.63) is 62.7 Å². The van der Waals surface area contributed by atoms with Crippen LogP contribution in [0.3, 0.4) is 0 Å². The minimum atomic E-state index is -3.69. The number of nitro groups is 1. The smallest absolute Gasteiger partial charge is 0.271 e. The lowest BCUT2D eigenvalue weighted by atomic mass is 10.1. The summed E-state index contributed by atoms with van der Waals surface area (Å²) in [5.74, 6) is 0. The Labute approximate surface area is 144 Å². The maximum Gasteiger partial charge on any atom is 0.271 e. The molecule has 0 bridgehead atoms. The third-order valence-electron chi connectivity index (χ3n) is 3.45. The molecule has 24 heavy (non-hydrogen) atoms. The van der Waals surface area contributed by atoms with Crippen molar-refractivity contribution >= 4 is 33.0 Å². The Balaban J connectivity index is 2.03. The van der Waals surface area contributed by atoms with Gasteiger partial charge >= 0.3 is 0 Å². The van der Waals surface area contributed by atoms with E-state index in [9.17, 15) is 18.5 Å². The van der Waals surface area contributed by atoms with Gasteiger partial charge in [0.05, 0.1) is 20.5 Å². The van der Waals surface area contributed by atoms with Crippen molar-refractivity contribution in [3.8, 4) is 0 Å². The highest BCUT2D eigenvalue weighted by atomic mass is 35.5. The van der Waals surface area contributed by atoms with E-state index in [1.54, 1.807) is 19.1 Å². The van der Waals surface area contributed by atoms with Gasteiger partial charge in [-0.25, -0.2) is 13.6 Å². The second kappa shape index (κ2) is 7.16. The van der Waals surface area contributed by atoms with E-state index in [4.69, 9.17) is 16.7 Å². The molecule has 7 nitrogen and oxygen atoms in total. The van der Waals surface area contributed by atoms with Crippen LogP contribution in [0.15, 0.2) is 41.3 Å². The van der Waals surface area contributed by atoms with Crippen LogP contribution in [0, 0.1) is 17.0 Å². The van der Waals surface area contributed by atoms with Gasteiger partial charge in [-0.15, -0.1) is 0 Å². The van der Waals surface area contributed by atoms with E-state index in [1.807, 2.05) is 0 Å². The lowest BCUT2D eigenvalue weighted by Gasteiger charge is -2.11. The maximum absolute atomic E-state index is 11.2. The fourth-order valence-electron chi connectivity index (χ4n) is 2.23. The topological polar surface area (TPSA) is 115 Å². The summed E-state index contributed by atoms with van der Waals surface area (Å²) in [6.07, 6.45) is 0.623. The predicted octanol–water partition coefficient (Wildman–Crippen LogP) is 2.86. The van der Waals surface area contributed by atoms with Crippen molar-refractivity contribution in [2.45, 2.75) is 18.2 Å². The molecule has 0 unspecified atom stereocenters. The van der Waals surface area contributed by atoms with Crippen LogP contribution in [0.1, 0.15) is 11.1 Å². The molecule has 2 aromatic rings. The van der Waals surface area contributed by atoms with Crippen molar-refractivity contribution in [1.29, 1.82) is 0 Å². The van der Waals surface area contributed by atoms with E-state index in [0.29, 0.717) is 24.2 Å². The van der Waals surface area contributed by atoms with E-state index in [2.05, 4.69) is 5.32 Å². The minimum absolute atomic E-state index is 0.0540. The van der Waals surface area contributed by atoms with Crippen molar-refractivity contribution in [2.24, 2.45) is 5.14 Å². The van der Waals surface area contributed by atoms with Crippen LogP contribution in [0.25, 0.3) is 0 Å². The van der Waals surface area contributed by atoms with Gasteiger partial charge in [-0.1, -0.05) is 23.7 Å². The number of primary sulfonamides is 1. The number of nitrogens with one attached hydrogen (secondary N) is 1. The van der Waals surface area contributed by atoms with E-state index in [0.717, 1.165) is 5.56 Å². The lowest BCUT2D eigenvalue weighted by molar-refractivity contribution is -0.384. The second-order valence-electron chi connectivity index (χ2n) is 5.24. The third-order valence-corrected chi connectivity index (χ3v) is 4.68. The van der Waals surface area contributed by atoms with Crippen LogP contribution in [0.2, 0.25) is 5.02 Å². The summed E-state index contributed by atoms with van der Waals surface area (Å²) in [6.45, 7) is 2.27. The monoisotopic (exact) mass is 369 g/mol. The molecule has 0 aliphatic heterocycles. The van der Waals surface area contributed by atoms with Crippen molar-refractivity contribution in [2.75, 3.05) is 11.9 Å². The number of non-ortho nitro benzene ring substituents is 1. The number of halogens is 1. The maximum atomic E-state index is 11.2. The first-order valence-corrected chi connectivity index (χ1v) is 8.91. The molecule has 0 aliphatic carbocycles. The van der Waals surface area contributed by atoms with Crippen LogP contribution in [-0.4, -0.2) is 19.9 Å². The zero-order valence-electron chi connectivity index (χ0n) is 12.8. The largest absolute Gasteiger partial charge is 0.383 e. The number of rotatable bonds is 6. The summed E-state index contributed by atoms with van der Waals surface area (Å²) >= 11 is 6.08. The zero-order chi connectivity index (χ0) is 17.9. The highest BCUT2D eigenvalue weighted by molar-refractivity contribution is 7.89. The first-order valence-electron chi connectivity index (χ1n) is 6.98. The number of hydrogen-bond acceptors (Lipinski definition) is 5. The Bertz CT molecular complexity index is 844. The Kier molecular flexibility index (Phi) is 5.43. The van der Waals surface area contributed by atoms with Gasteiger partial charge in [0.1, 0.15) is 0 Å². The average molecular weight is 370 g/mol. The number of hydrogen-bond donors (Lipinski definition) is 2. The molecule has 2 rings (SSSR count). The molecule has 0 amide bonds. The second-order valence-corrected chi connectivity index (χ2v) is 7.21. The molecule has 0 fully saturated rings. The molecule has 0 saturated heterocycles. The molecule has 3 N–H and O–H groups in total.